The second-order valence-corrected chi connectivity index (χ2v) is 6.95. The summed E-state index contributed by atoms with van der Waals surface area (Å²) in [4.78, 5) is 10.8. The highest BCUT2D eigenvalue weighted by molar-refractivity contribution is 5.74. The normalized spacial score (nSPS) is 18.0. The molecule has 2 aromatic rings. The van der Waals surface area contributed by atoms with Gasteiger partial charge in [-0.3, -0.25) is 9.97 Å². The lowest BCUT2D eigenvalue weighted by atomic mass is 10.1. The molecule has 0 unspecified atom stereocenters. The second-order valence-electron chi connectivity index (χ2n) is 6.95. The predicted octanol–water partition coefficient (Wildman–Crippen LogP) is 4.48. The fourth-order valence-electron chi connectivity index (χ4n) is 3.58. The Morgan fingerprint density at radius 3 is 2.69 bits per heavy atom. The monoisotopic (exact) mass is 352 g/mol. The Hall–Kier alpha value is -2.69. The molecule has 5 heteroatoms. The van der Waals surface area contributed by atoms with Crippen molar-refractivity contribution < 1.29 is 5.82 Å². The molecule has 0 saturated carbocycles. The summed E-state index contributed by atoms with van der Waals surface area (Å²) >= 11 is 0. The van der Waals surface area contributed by atoms with Crippen LogP contribution in [0, 0.1) is 0 Å². The highest BCUT2D eigenvalue weighted by Crippen LogP contribution is 2.30. The predicted molar refractivity (Wildman–Crippen MR) is 104 cm³/mol. The van der Waals surface area contributed by atoms with Gasteiger partial charge in [0.1, 0.15) is 5.83 Å². The number of fused-ring (bicyclic) bond motifs is 1. The standard InChI is InChI=1S/C21H23FN4.H2/c1-15-4-6-19(21(17(22)12-15)26-10-2-3-11-26)25-14-16-5-7-18-20(13-16)24-9-8-23-18;/h4-9,13,25H,2-3,10-12,14H2,1H3;1H. The molecule has 1 N–H and O–H groups in total. The van der Waals surface area contributed by atoms with E-state index in [-0.39, 0.29) is 7.25 Å². The molecule has 1 saturated heterocycles. The third-order valence-electron chi connectivity index (χ3n) is 4.92. The number of halogens is 1. The van der Waals surface area contributed by atoms with Crippen molar-refractivity contribution in [2.75, 3.05) is 13.1 Å². The second kappa shape index (κ2) is 7.28. The number of hydrogen-bond acceptors (Lipinski definition) is 4. The first-order chi connectivity index (χ1) is 12.7. The number of allylic oxidation sites excluding steroid dienone is 4. The third kappa shape index (κ3) is 3.47. The SMILES string of the molecule is CC1=CC=C(NCc2ccc3nccnc3c2)C(N2CCCC2)=C(F)C1.[HH]. The van der Waals surface area contributed by atoms with Crippen molar-refractivity contribution in [1.82, 2.24) is 20.2 Å². The molecule has 136 valence electrons. The van der Waals surface area contributed by atoms with Gasteiger partial charge in [0.15, 0.2) is 0 Å². The van der Waals surface area contributed by atoms with Crippen LogP contribution in [0.25, 0.3) is 11.0 Å². The lowest BCUT2D eigenvalue weighted by Gasteiger charge is -2.25. The van der Waals surface area contributed by atoms with E-state index in [0.29, 0.717) is 13.0 Å². The molecule has 1 aromatic heterocycles. The molecule has 0 spiro atoms. The summed E-state index contributed by atoms with van der Waals surface area (Å²) in [7, 11) is 0. The minimum atomic E-state index is -0.0405. The average Bonchev–Trinajstić information content (AvgIpc) is 3.13. The summed E-state index contributed by atoms with van der Waals surface area (Å²) < 4.78 is 14.9. The number of hydrogen-bond donors (Lipinski definition) is 1. The Morgan fingerprint density at radius 2 is 1.88 bits per heavy atom. The van der Waals surface area contributed by atoms with Gasteiger partial charge in [-0.2, -0.15) is 0 Å². The highest BCUT2D eigenvalue weighted by Gasteiger charge is 2.23. The molecule has 1 aromatic carbocycles. The number of nitrogens with zero attached hydrogens (tertiary/aromatic N) is 3. The summed E-state index contributed by atoms with van der Waals surface area (Å²) in [6, 6.07) is 6.05. The van der Waals surface area contributed by atoms with Crippen LogP contribution in [0.15, 0.2) is 65.5 Å². The quantitative estimate of drug-likeness (QED) is 0.881. The van der Waals surface area contributed by atoms with Crippen molar-refractivity contribution in [3.8, 4) is 0 Å². The molecule has 1 aliphatic carbocycles. The molecule has 0 atom stereocenters. The van der Waals surface area contributed by atoms with Crippen LogP contribution in [0.3, 0.4) is 0 Å². The van der Waals surface area contributed by atoms with Gasteiger partial charge in [-0.25, -0.2) is 4.39 Å². The Balaban J connectivity index is 0.00000210. The van der Waals surface area contributed by atoms with E-state index in [9.17, 15) is 4.39 Å². The molecular weight excluding hydrogens is 327 g/mol. The van der Waals surface area contributed by atoms with Crippen LogP contribution in [-0.4, -0.2) is 28.0 Å². The molecule has 2 heterocycles. The Kier molecular flexibility index (Phi) is 4.69. The van der Waals surface area contributed by atoms with Crippen molar-refractivity contribution in [2.45, 2.75) is 32.7 Å². The lowest BCUT2D eigenvalue weighted by molar-refractivity contribution is 0.400. The molecule has 4 nitrogen and oxygen atoms in total. The fraction of sp³-hybridized carbons (Fsp3) is 0.333. The maximum atomic E-state index is 14.9. The molecule has 26 heavy (non-hydrogen) atoms. The van der Waals surface area contributed by atoms with Crippen LogP contribution >= 0.6 is 0 Å². The van der Waals surface area contributed by atoms with Gasteiger partial charge in [-0.15, -0.1) is 0 Å². The van der Waals surface area contributed by atoms with E-state index >= 15 is 0 Å². The van der Waals surface area contributed by atoms with E-state index < -0.39 is 0 Å². The number of aromatic nitrogens is 2. The summed E-state index contributed by atoms with van der Waals surface area (Å²) in [6.45, 7) is 4.44. The van der Waals surface area contributed by atoms with Crippen molar-refractivity contribution in [3.05, 3.63) is 71.1 Å². The molecule has 2 aliphatic rings. The summed E-state index contributed by atoms with van der Waals surface area (Å²) in [5, 5.41) is 3.45. The van der Waals surface area contributed by atoms with E-state index in [0.717, 1.165) is 59.5 Å². The molecule has 0 bridgehead atoms. The van der Waals surface area contributed by atoms with Crippen LogP contribution in [0.5, 0.6) is 0 Å². The maximum Gasteiger partial charge on any atom is 0.129 e. The zero-order valence-corrected chi connectivity index (χ0v) is 15.0. The first kappa shape index (κ1) is 16.8. The van der Waals surface area contributed by atoms with Gasteiger partial charge in [0.25, 0.3) is 0 Å². The van der Waals surface area contributed by atoms with Crippen molar-refractivity contribution in [2.24, 2.45) is 0 Å². The Morgan fingerprint density at radius 1 is 1.12 bits per heavy atom. The molecule has 0 amide bonds. The van der Waals surface area contributed by atoms with Gasteiger partial charge in [0, 0.05) is 39.9 Å². The zero-order chi connectivity index (χ0) is 17.9. The van der Waals surface area contributed by atoms with Crippen LogP contribution in [0.1, 0.15) is 33.2 Å². The number of benzene rings is 1. The molecule has 4 rings (SSSR count). The van der Waals surface area contributed by atoms with Gasteiger partial charge in [-0.05, 0) is 43.5 Å². The van der Waals surface area contributed by atoms with Crippen molar-refractivity contribution in [3.63, 3.8) is 0 Å². The van der Waals surface area contributed by atoms with E-state index in [2.05, 4.69) is 20.2 Å². The topological polar surface area (TPSA) is 41.1 Å². The third-order valence-corrected chi connectivity index (χ3v) is 4.92. The lowest BCUT2D eigenvalue weighted by Crippen LogP contribution is -2.27. The molecular formula is C21H25FN4. The average molecular weight is 352 g/mol. The minimum Gasteiger partial charge on any atom is -0.379 e. The maximum absolute atomic E-state index is 14.9. The van der Waals surface area contributed by atoms with Gasteiger partial charge < -0.3 is 10.2 Å². The highest BCUT2D eigenvalue weighted by atomic mass is 19.1. The zero-order valence-electron chi connectivity index (χ0n) is 15.0. The summed E-state index contributed by atoms with van der Waals surface area (Å²) in [6.07, 6.45) is 10.1. The Bertz CT molecular complexity index is 913. The summed E-state index contributed by atoms with van der Waals surface area (Å²) in [5.41, 5.74) is 5.49. The van der Waals surface area contributed by atoms with Crippen molar-refractivity contribution in [1.29, 1.82) is 0 Å². The smallest absolute Gasteiger partial charge is 0.129 e. The number of likely N-dealkylation sites (tertiary alicyclic amines) is 1. The fourth-order valence-corrected chi connectivity index (χ4v) is 3.58. The van der Waals surface area contributed by atoms with Crippen LogP contribution < -0.4 is 5.32 Å². The van der Waals surface area contributed by atoms with Crippen LogP contribution in [0.2, 0.25) is 0 Å². The summed E-state index contributed by atoms with van der Waals surface area (Å²) in [5.74, 6) is -0.0405. The van der Waals surface area contributed by atoms with Gasteiger partial charge >= 0.3 is 0 Å². The molecule has 0 radical (unpaired) electrons. The van der Waals surface area contributed by atoms with E-state index in [1.165, 1.54) is 0 Å². The van der Waals surface area contributed by atoms with Crippen LogP contribution in [-0.2, 0) is 6.54 Å². The minimum absolute atomic E-state index is 0. The van der Waals surface area contributed by atoms with E-state index in [4.69, 9.17) is 0 Å². The van der Waals surface area contributed by atoms with Gasteiger partial charge in [0.05, 0.1) is 22.4 Å². The first-order valence-corrected chi connectivity index (χ1v) is 9.15. The Labute approximate surface area is 154 Å². The van der Waals surface area contributed by atoms with Gasteiger partial charge in [0.2, 0.25) is 0 Å². The van der Waals surface area contributed by atoms with Crippen LogP contribution in [0.4, 0.5) is 4.39 Å². The molecule has 1 aliphatic heterocycles. The molecule has 1 fully saturated rings. The van der Waals surface area contributed by atoms with E-state index in [1.807, 2.05) is 37.3 Å². The van der Waals surface area contributed by atoms with Gasteiger partial charge in [-0.1, -0.05) is 17.7 Å². The first-order valence-electron chi connectivity index (χ1n) is 9.15. The number of nitrogens with one attached hydrogen (secondary N) is 1. The largest absolute Gasteiger partial charge is 0.379 e. The van der Waals surface area contributed by atoms with E-state index in [1.54, 1.807) is 12.4 Å². The number of rotatable bonds is 4. The van der Waals surface area contributed by atoms with Crippen molar-refractivity contribution >= 4 is 11.0 Å².